The molecule has 0 aliphatic carbocycles. The van der Waals surface area contributed by atoms with E-state index < -0.39 is 27.7 Å². The molecular formula is C21H25F3N2O4S. The predicted molar refractivity (Wildman–Crippen MR) is 111 cm³/mol. The third kappa shape index (κ3) is 6.20. The second-order valence-electron chi connectivity index (χ2n) is 6.61. The number of benzene rings is 2. The van der Waals surface area contributed by atoms with E-state index in [1.807, 2.05) is 0 Å². The molecule has 0 aromatic heterocycles. The lowest BCUT2D eigenvalue weighted by atomic mass is 10.1. The number of amides is 1. The van der Waals surface area contributed by atoms with Gasteiger partial charge in [-0.05, 0) is 36.8 Å². The maximum atomic E-state index is 13.0. The third-order valence-electron chi connectivity index (χ3n) is 4.47. The van der Waals surface area contributed by atoms with Crippen LogP contribution >= 0.6 is 0 Å². The molecule has 0 atom stereocenters. The van der Waals surface area contributed by atoms with Crippen LogP contribution in [0.25, 0.3) is 0 Å². The first-order chi connectivity index (χ1) is 14.5. The highest BCUT2D eigenvalue weighted by Gasteiger charge is 2.30. The van der Waals surface area contributed by atoms with Crippen LogP contribution in [0.5, 0.6) is 5.75 Å². The van der Waals surface area contributed by atoms with Gasteiger partial charge in [0.05, 0.1) is 18.6 Å². The smallest absolute Gasteiger partial charge is 0.416 e. The lowest BCUT2D eigenvalue weighted by Crippen LogP contribution is -2.31. The van der Waals surface area contributed by atoms with E-state index in [0.29, 0.717) is 0 Å². The van der Waals surface area contributed by atoms with E-state index in [9.17, 15) is 26.4 Å². The van der Waals surface area contributed by atoms with E-state index in [-0.39, 0.29) is 48.0 Å². The molecule has 0 unspecified atom stereocenters. The largest absolute Gasteiger partial charge is 0.492 e. The van der Waals surface area contributed by atoms with Gasteiger partial charge in [-0.3, -0.25) is 4.79 Å². The molecule has 2 rings (SSSR count). The van der Waals surface area contributed by atoms with Crippen LogP contribution in [0, 0.1) is 0 Å². The molecular weight excluding hydrogens is 433 g/mol. The molecule has 170 valence electrons. The minimum atomic E-state index is -4.50. The zero-order valence-corrected chi connectivity index (χ0v) is 18.3. The van der Waals surface area contributed by atoms with Crippen LogP contribution < -0.4 is 10.1 Å². The Hall–Kier alpha value is -2.59. The number of carbonyl (C=O) groups is 1. The molecule has 10 heteroatoms. The standard InChI is InChI=1S/C21H25F3N2O4S/c1-4-26(5-2)31(28,29)19-14-17(10-11-18(19)30-6-3)25-20(27)13-15-8-7-9-16(12-15)21(22,23)24/h7-12,14H,4-6,13H2,1-3H3,(H,25,27). The highest BCUT2D eigenvalue weighted by molar-refractivity contribution is 7.89. The van der Waals surface area contributed by atoms with Crippen molar-refractivity contribution < 1.29 is 31.1 Å². The maximum absolute atomic E-state index is 13.0. The van der Waals surface area contributed by atoms with Gasteiger partial charge in [0.2, 0.25) is 15.9 Å². The van der Waals surface area contributed by atoms with Crippen LogP contribution in [0.2, 0.25) is 0 Å². The summed E-state index contributed by atoms with van der Waals surface area (Å²) in [6.45, 7) is 5.91. The van der Waals surface area contributed by atoms with E-state index in [1.54, 1.807) is 20.8 Å². The van der Waals surface area contributed by atoms with Gasteiger partial charge >= 0.3 is 6.18 Å². The molecule has 2 aromatic rings. The summed E-state index contributed by atoms with van der Waals surface area (Å²) >= 11 is 0. The Labute approximate surface area is 180 Å². The summed E-state index contributed by atoms with van der Waals surface area (Å²) in [6, 6.07) is 8.71. The Morgan fingerprint density at radius 1 is 1.06 bits per heavy atom. The molecule has 0 heterocycles. The van der Waals surface area contributed by atoms with Crippen molar-refractivity contribution in [1.82, 2.24) is 4.31 Å². The molecule has 0 saturated heterocycles. The number of sulfonamides is 1. The van der Waals surface area contributed by atoms with Crippen molar-refractivity contribution in [3.05, 3.63) is 53.6 Å². The maximum Gasteiger partial charge on any atom is 0.416 e. The average molecular weight is 459 g/mol. The van der Waals surface area contributed by atoms with E-state index >= 15 is 0 Å². The van der Waals surface area contributed by atoms with Crippen LogP contribution in [0.15, 0.2) is 47.4 Å². The summed E-state index contributed by atoms with van der Waals surface area (Å²) in [5.74, 6) is -0.417. The summed E-state index contributed by atoms with van der Waals surface area (Å²) in [5.41, 5.74) is -0.452. The summed E-state index contributed by atoms with van der Waals surface area (Å²) in [6.07, 6.45) is -4.80. The van der Waals surface area contributed by atoms with Crippen LogP contribution in [-0.4, -0.2) is 38.3 Å². The number of anilines is 1. The summed E-state index contributed by atoms with van der Waals surface area (Å²) < 4.78 is 71.2. The normalized spacial score (nSPS) is 12.1. The monoisotopic (exact) mass is 458 g/mol. The molecule has 31 heavy (non-hydrogen) atoms. The quantitative estimate of drug-likeness (QED) is 0.608. The SMILES string of the molecule is CCOc1ccc(NC(=O)Cc2cccc(C(F)(F)F)c2)cc1S(=O)(=O)N(CC)CC. The number of hydrogen-bond donors (Lipinski definition) is 1. The highest BCUT2D eigenvalue weighted by Crippen LogP contribution is 2.31. The fourth-order valence-corrected chi connectivity index (χ4v) is 4.63. The van der Waals surface area contributed by atoms with E-state index in [4.69, 9.17) is 4.74 Å². The molecule has 0 aliphatic heterocycles. The molecule has 0 saturated carbocycles. The molecule has 2 aromatic carbocycles. The van der Waals surface area contributed by atoms with Crippen LogP contribution in [0.4, 0.5) is 18.9 Å². The first kappa shape index (κ1) is 24.7. The third-order valence-corrected chi connectivity index (χ3v) is 6.54. The topological polar surface area (TPSA) is 75.7 Å². The van der Waals surface area contributed by atoms with Crippen molar-refractivity contribution in [2.24, 2.45) is 0 Å². The molecule has 1 amide bonds. The first-order valence-corrected chi connectivity index (χ1v) is 11.2. The number of halogens is 3. The van der Waals surface area contributed by atoms with Gasteiger partial charge in [0.1, 0.15) is 10.6 Å². The number of nitrogens with zero attached hydrogens (tertiary/aromatic N) is 1. The van der Waals surface area contributed by atoms with E-state index in [2.05, 4.69) is 5.32 Å². The van der Waals surface area contributed by atoms with Crippen molar-refractivity contribution >= 4 is 21.6 Å². The van der Waals surface area contributed by atoms with Crippen LogP contribution in [0.1, 0.15) is 31.9 Å². The first-order valence-electron chi connectivity index (χ1n) is 9.75. The van der Waals surface area contributed by atoms with Crippen LogP contribution in [0.3, 0.4) is 0 Å². The fourth-order valence-electron chi connectivity index (χ4n) is 3.01. The van der Waals surface area contributed by atoms with E-state index in [1.165, 1.54) is 34.6 Å². The Bertz CT molecular complexity index is 1020. The number of alkyl halides is 3. The number of carbonyl (C=O) groups excluding carboxylic acids is 1. The van der Waals surface area contributed by atoms with Gasteiger partial charge in [-0.1, -0.05) is 32.0 Å². The number of nitrogens with one attached hydrogen (secondary N) is 1. The van der Waals surface area contributed by atoms with Gasteiger partial charge in [0, 0.05) is 18.8 Å². The summed E-state index contributed by atoms with van der Waals surface area (Å²) in [5, 5.41) is 2.55. The van der Waals surface area contributed by atoms with Crippen molar-refractivity contribution in [1.29, 1.82) is 0 Å². The molecule has 0 aliphatic rings. The van der Waals surface area contributed by atoms with Crippen LogP contribution in [-0.2, 0) is 27.4 Å². The van der Waals surface area contributed by atoms with E-state index in [0.717, 1.165) is 12.1 Å². The Morgan fingerprint density at radius 3 is 2.32 bits per heavy atom. The Morgan fingerprint density at radius 2 is 1.74 bits per heavy atom. The Kier molecular flexibility index (Phi) is 8.08. The van der Waals surface area contributed by atoms with Gasteiger partial charge in [0.15, 0.2) is 0 Å². The van der Waals surface area contributed by atoms with Gasteiger partial charge in [0.25, 0.3) is 0 Å². The Balaban J connectivity index is 2.29. The fraction of sp³-hybridized carbons (Fsp3) is 0.381. The van der Waals surface area contributed by atoms with Crippen molar-refractivity contribution in [2.75, 3.05) is 25.0 Å². The molecule has 0 spiro atoms. The van der Waals surface area contributed by atoms with Gasteiger partial charge in [-0.15, -0.1) is 0 Å². The van der Waals surface area contributed by atoms with Crippen molar-refractivity contribution in [3.8, 4) is 5.75 Å². The summed E-state index contributed by atoms with van der Waals surface area (Å²) in [4.78, 5) is 12.3. The second kappa shape index (κ2) is 10.1. The van der Waals surface area contributed by atoms with Crippen molar-refractivity contribution in [2.45, 2.75) is 38.3 Å². The molecule has 0 radical (unpaired) electrons. The van der Waals surface area contributed by atoms with Gasteiger partial charge < -0.3 is 10.1 Å². The number of rotatable bonds is 9. The average Bonchev–Trinajstić information content (AvgIpc) is 2.69. The molecule has 6 nitrogen and oxygen atoms in total. The lowest BCUT2D eigenvalue weighted by molar-refractivity contribution is -0.137. The zero-order chi connectivity index (χ0) is 23.2. The van der Waals surface area contributed by atoms with Gasteiger partial charge in [-0.2, -0.15) is 17.5 Å². The summed E-state index contributed by atoms with van der Waals surface area (Å²) in [7, 11) is -3.86. The molecule has 0 bridgehead atoms. The zero-order valence-electron chi connectivity index (χ0n) is 17.5. The predicted octanol–water partition coefficient (Wildman–Crippen LogP) is 4.32. The van der Waals surface area contributed by atoms with Crippen molar-refractivity contribution in [3.63, 3.8) is 0 Å². The lowest BCUT2D eigenvalue weighted by Gasteiger charge is -2.21. The number of ether oxygens (including phenoxy) is 1. The minimum Gasteiger partial charge on any atom is -0.492 e. The number of hydrogen-bond acceptors (Lipinski definition) is 4. The minimum absolute atomic E-state index is 0.0880. The molecule has 1 N–H and O–H groups in total. The van der Waals surface area contributed by atoms with Gasteiger partial charge in [-0.25, -0.2) is 8.42 Å². The second-order valence-corrected chi connectivity index (χ2v) is 8.51. The highest BCUT2D eigenvalue weighted by atomic mass is 32.2. The molecule has 0 fully saturated rings.